The first-order valence-electron chi connectivity index (χ1n) is 8.38. The normalized spacial score (nSPS) is 20.4. The number of nitriles is 1. The number of halogens is 1. The molecule has 0 bridgehead atoms. The third-order valence-electron chi connectivity index (χ3n) is 4.71. The Kier molecular flexibility index (Phi) is 5.29. The Bertz CT molecular complexity index is 774. The van der Waals surface area contributed by atoms with Crippen LogP contribution in [0.2, 0.25) is 5.02 Å². The highest BCUT2D eigenvalue weighted by Gasteiger charge is 2.37. The zero-order chi connectivity index (χ0) is 17.9. The Morgan fingerprint density at radius 1 is 1.28 bits per heavy atom. The zero-order valence-corrected chi connectivity index (χ0v) is 15.1. The number of hydrogen-bond acceptors (Lipinski definition) is 4. The van der Waals surface area contributed by atoms with Crippen LogP contribution in [0.5, 0.6) is 0 Å². The summed E-state index contributed by atoms with van der Waals surface area (Å²) in [4.78, 5) is 4.29. The van der Waals surface area contributed by atoms with Crippen molar-refractivity contribution in [3.63, 3.8) is 0 Å². The molecule has 1 N–H and O–H groups in total. The topological polar surface area (TPSA) is 50.5 Å². The third kappa shape index (κ3) is 4.32. The first kappa shape index (κ1) is 17.8. The van der Waals surface area contributed by atoms with Crippen LogP contribution in [0.15, 0.2) is 48.5 Å². The molecule has 25 heavy (non-hydrogen) atoms. The lowest BCUT2D eigenvalue weighted by Crippen LogP contribution is -2.43. The lowest BCUT2D eigenvalue weighted by molar-refractivity contribution is 0.0562. The number of β-amino-alcohol motifs (C(OH)–C–C–N with tert-alkyl or cyclic N) is 1. The van der Waals surface area contributed by atoms with Crippen LogP contribution in [0.1, 0.15) is 17.5 Å². The second-order valence-corrected chi connectivity index (χ2v) is 7.21. The molecular formula is C20H22ClN3O. The highest BCUT2D eigenvalue weighted by molar-refractivity contribution is 6.32. The molecule has 3 rings (SSSR count). The molecule has 0 amide bonds. The van der Waals surface area contributed by atoms with Crippen molar-refractivity contribution in [3.8, 4) is 6.07 Å². The molecule has 2 aromatic rings. The van der Waals surface area contributed by atoms with Crippen molar-refractivity contribution >= 4 is 17.3 Å². The summed E-state index contributed by atoms with van der Waals surface area (Å²) < 4.78 is 0. The molecule has 0 saturated carbocycles. The minimum Gasteiger partial charge on any atom is -0.387 e. The van der Waals surface area contributed by atoms with Gasteiger partial charge in [-0.2, -0.15) is 5.26 Å². The molecule has 4 nitrogen and oxygen atoms in total. The summed E-state index contributed by atoms with van der Waals surface area (Å²) in [6.07, 6.45) is 0.744. The van der Waals surface area contributed by atoms with Crippen molar-refractivity contribution in [2.24, 2.45) is 0 Å². The third-order valence-corrected chi connectivity index (χ3v) is 5.02. The van der Waals surface area contributed by atoms with Gasteiger partial charge < -0.3 is 10.0 Å². The summed E-state index contributed by atoms with van der Waals surface area (Å²) in [6.45, 7) is 2.92. The summed E-state index contributed by atoms with van der Waals surface area (Å²) in [7, 11) is 1.94. The monoisotopic (exact) mass is 355 g/mol. The predicted octanol–water partition coefficient (Wildman–Crippen LogP) is 3.28. The van der Waals surface area contributed by atoms with E-state index in [2.05, 4.69) is 23.1 Å². The van der Waals surface area contributed by atoms with Gasteiger partial charge in [0, 0.05) is 38.9 Å². The molecule has 0 radical (unpaired) electrons. The number of hydrogen-bond donors (Lipinski definition) is 1. The summed E-state index contributed by atoms with van der Waals surface area (Å²) >= 11 is 6.12. The Balaban J connectivity index is 1.62. The van der Waals surface area contributed by atoms with Crippen LogP contribution in [0.25, 0.3) is 0 Å². The van der Waals surface area contributed by atoms with Gasteiger partial charge in [0.15, 0.2) is 0 Å². The van der Waals surface area contributed by atoms with Crippen molar-refractivity contribution < 1.29 is 5.11 Å². The van der Waals surface area contributed by atoms with E-state index in [1.54, 1.807) is 12.1 Å². The lowest BCUT2D eigenvalue weighted by Gasteiger charge is -2.30. The van der Waals surface area contributed by atoms with Gasteiger partial charge in [0.25, 0.3) is 0 Å². The van der Waals surface area contributed by atoms with Gasteiger partial charge in [-0.1, -0.05) is 41.9 Å². The Morgan fingerprint density at radius 2 is 2.04 bits per heavy atom. The second-order valence-electron chi connectivity index (χ2n) is 6.80. The second kappa shape index (κ2) is 7.45. The summed E-state index contributed by atoms with van der Waals surface area (Å²) in [5.41, 5.74) is 1.88. The first-order chi connectivity index (χ1) is 12.0. The van der Waals surface area contributed by atoms with E-state index in [1.165, 1.54) is 5.56 Å². The number of likely N-dealkylation sites (N-methyl/N-ethyl adjacent to an activating group) is 1. The first-order valence-corrected chi connectivity index (χ1v) is 8.76. The van der Waals surface area contributed by atoms with Crippen LogP contribution in [0, 0.1) is 11.3 Å². The fourth-order valence-corrected chi connectivity index (χ4v) is 3.63. The molecule has 0 spiro atoms. The molecule has 1 heterocycles. The molecular weight excluding hydrogens is 334 g/mol. The molecule has 0 aromatic heterocycles. The summed E-state index contributed by atoms with van der Waals surface area (Å²) in [6, 6.07) is 17.8. The fourth-order valence-electron chi connectivity index (χ4n) is 3.41. The number of aliphatic hydroxyl groups is 1. The van der Waals surface area contributed by atoms with Gasteiger partial charge in [0.2, 0.25) is 0 Å². The molecule has 1 saturated heterocycles. The van der Waals surface area contributed by atoms with Gasteiger partial charge in [-0.15, -0.1) is 0 Å². The summed E-state index contributed by atoms with van der Waals surface area (Å²) in [5.74, 6) is 0. The van der Waals surface area contributed by atoms with Crippen molar-refractivity contribution in [3.05, 3.63) is 64.7 Å². The molecule has 130 valence electrons. The van der Waals surface area contributed by atoms with Gasteiger partial charge in [-0.05, 0) is 30.2 Å². The maximum Gasteiger partial charge on any atom is 0.101 e. The quantitative estimate of drug-likeness (QED) is 0.894. The van der Waals surface area contributed by atoms with Gasteiger partial charge >= 0.3 is 0 Å². The zero-order valence-electron chi connectivity index (χ0n) is 14.3. The minimum absolute atomic E-state index is 0.441. The van der Waals surface area contributed by atoms with E-state index in [0.29, 0.717) is 23.7 Å². The van der Waals surface area contributed by atoms with Gasteiger partial charge in [0.05, 0.1) is 16.2 Å². The van der Waals surface area contributed by atoms with Crippen LogP contribution in [0.3, 0.4) is 0 Å². The highest BCUT2D eigenvalue weighted by Crippen LogP contribution is 2.28. The van der Waals surface area contributed by atoms with Crippen molar-refractivity contribution in [2.45, 2.75) is 18.6 Å². The van der Waals surface area contributed by atoms with Gasteiger partial charge in [-0.25, -0.2) is 0 Å². The number of benzene rings is 2. The van der Waals surface area contributed by atoms with E-state index < -0.39 is 5.60 Å². The Hall–Kier alpha value is -2.06. The van der Waals surface area contributed by atoms with E-state index in [0.717, 1.165) is 25.2 Å². The molecule has 1 aliphatic heterocycles. The molecule has 5 heteroatoms. The van der Waals surface area contributed by atoms with E-state index in [1.807, 2.05) is 36.2 Å². The SMILES string of the molecule is CN(CC1(O)CCN(Cc2ccccc2)C1)c1ccc(C#N)c(Cl)c1. The van der Waals surface area contributed by atoms with E-state index in [4.69, 9.17) is 16.9 Å². The van der Waals surface area contributed by atoms with Crippen molar-refractivity contribution in [1.82, 2.24) is 4.90 Å². The lowest BCUT2D eigenvalue weighted by atomic mass is 10.0. The number of nitrogens with zero attached hydrogens (tertiary/aromatic N) is 3. The standard InChI is InChI=1S/C20H22ClN3O/c1-23(18-8-7-17(12-22)19(21)11-18)14-20(25)9-10-24(15-20)13-16-5-3-2-4-6-16/h2-8,11,25H,9-10,13-15H2,1H3. The number of rotatable bonds is 5. The maximum absolute atomic E-state index is 11.0. The molecule has 1 atom stereocenters. The number of anilines is 1. The van der Waals surface area contributed by atoms with Crippen LogP contribution in [-0.4, -0.2) is 42.3 Å². The van der Waals surface area contributed by atoms with E-state index >= 15 is 0 Å². The Labute approximate surface area is 153 Å². The predicted molar refractivity (Wildman–Crippen MR) is 101 cm³/mol. The maximum atomic E-state index is 11.0. The fraction of sp³-hybridized carbons (Fsp3) is 0.350. The highest BCUT2D eigenvalue weighted by atomic mass is 35.5. The minimum atomic E-state index is -0.746. The van der Waals surface area contributed by atoms with Gasteiger partial charge in [-0.3, -0.25) is 4.90 Å². The van der Waals surface area contributed by atoms with Crippen LogP contribution >= 0.6 is 11.6 Å². The number of likely N-dealkylation sites (tertiary alicyclic amines) is 1. The molecule has 1 fully saturated rings. The largest absolute Gasteiger partial charge is 0.387 e. The van der Waals surface area contributed by atoms with E-state index in [-0.39, 0.29) is 0 Å². The average molecular weight is 356 g/mol. The molecule has 1 aliphatic rings. The average Bonchev–Trinajstić information content (AvgIpc) is 2.96. The van der Waals surface area contributed by atoms with Crippen LogP contribution < -0.4 is 4.90 Å². The van der Waals surface area contributed by atoms with Crippen molar-refractivity contribution in [1.29, 1.82) is 5.26 Å². The Morgan fingerprint density at radius 3 is 2.72 bits per heavy atom. The van der Waals surface area contributed by atoms with E-state index in [9.17, 15) is 5.11 Å². The molecule has 2 aromatic carbocycles. The summed E-state index contributed by atoms with van der Waals surface area (Å²) in [5, 5.41) is 20.4. The van der Waals surface area contributed by atoms with Crippen LogP contribution in [-0.2, 0) is 6.54 Å². The smallest absolute Gasteiger partial charge is 0.101 e. The molecule has 1 unspecified atom stereocenters. The van der Waals surface area contributed by atoms with Crippen LogP contribution in [0.4, 0.5) is 5.69 Å². The van der Waals surface area contributed by atoms with Crippen molar-refractivity contribution in [2.75, 3.05) is 31.6 Å². The van der Waals surface area contributed by atoms with Gasteiger partial charge in [0.1, 0.15) is 6.07 Å². The molecule has 0 aliphatic carbocycles.